The Morgan fingerprint density at radius 3 is 2.74 bits per heavy atom. The second kappa shape index (κ2) is 7.93. The van der Waals surface area contributed by atoms with Crippen LogP contribution >= 0.6 is 15.9 Å². The van der Waals surface area contributed by atoms with Crippen molar-refractivity contribution < 1.29 is 14.7 Å². The first kappa shape index (κ1) is 17.9. The minimum absolute atomic E-state index is 0.0840. The summed E-state index contributed by atoms with van der Waals surface area (Å²) in [5.41, 5.74) is 1.04. The maximum Gasteiger partial charge on any atom is 0.305 e. The molecule has 1 heterocycles. The lowest BCUT2D eigenvalue weighted by molar-refractivity contribution is -0.150. The zero-order valence-corrected chi connectivity index (χ0v) is 15.1. The maximum absolute atomic E-state index is 12.8. The predicted octanol–water partition coefficient (Wildman–Crippen LogP) is 2.59. The van der Waals surface area contributed by atoms with E-state index in [1.807, 2.05) is 29.2 Å². The predicted molar refractivity (Wildman–Crippen MR) is 92.0 cm³/mol. The van der Waals surface area contributed by atoms with Crippen molar-refractivity contribution in [1.29, 1.82) is 0 Å². The van der Waals surface area contributed by atoms with Gasteiger partial charge in [0.05, 0.1) is 12.5 Å². The number of carboxylic acid groups (broad SMARTS) is 1. The summed E-state index contributed by atoms with van der Waals surface area (Å²) in [6.45, 7) is 6.77. The lowest BCUT2D eigenvalue weighted by Gasteiger charge is -2.41. The molecule has 23 heavy (non-hydrogen) atoms. The third-order valence-corrected chi connectivity index (χ3v) is 4.42. The number of carbonyl (C=O) groups is 2. The maximum atomic E-state index is 12.8. The summed E-state index contributed by atoms with van der Waals surface area (Å²) in [6.07, 6.45) is -0.138. The summed E-state index contributed by atoms with van der Waals surface area (Å²) in [7, 11) is 0. The standard InChI is InChI=1S/C17H23BrN2O3/c1-12(2)10-19-6-7-20(17(23)15(19)9-16(21)22)11-13-4-3-5-14(18)8-13/h3-5,8,12,15H,6-7,9-11H2,1-2H3,(H,21,22). The Hall–Kier alpha value is -1.40. The zero-order chi connectivity index (χ0) is 17.0. The van der Waals surface area contributed by atoms with Crippen molar-refractivity contribution in [2.24, 2.45) is 5.92 Å². The molecule has 0 saturated carbocycles. The minimum Gasteiger partial charge on any atom is -0.481 e. The zero-order valence-electron chi connectivity index (χ0n) is 13.5. The topological polar surface area (TPSA) is 60.9 Å². The Balaban J connectivity index is 2.11. The Labute approximate surface area is 145 Å². The number of halogens is 1. The van der Waals surface area contributed by atoms with Crippen LogP contribution in [0.2, 0.25) is 0 Å². The molecule has 1 saturated heterocycles. The van der Waals surface area contributed by atoms with Gasteiger partial charge in [-0.2, -0.15) is 0 Å². The molecule has 0 spiro atoms. The van der Waals surface area contributed by atoms with Crippen molar-refractivity contribution >= 4 is 27.8 Å². The number of amides is 1. The number of rotatable bonds is 6. The molecule has 1 N–H and O–H groups in total. The second-order valence-corrected chi connectivity index (χ2v) is 7.31. The van der Waals surface area contributed by atoms with E-state index in [2.05, 4.69) is 29.8 Å². The fourth-order valence-electron chi connectivity index (χ4n) is 2.96. The molecule has 2 rings (SSSR count). The monoisotopic (exact) mass is 382 g/mol. The molecule has 0 bridgehead atoms. The molecule has 1 aliphatic rings. The summed E-state index contributed by atoms with van der Waals surface area (Å²) in [6, 6.07) is 7.29. The van der Waals surface area contributed by atoms with Gasteiger partial charge in [-0.3, -0.25) is 14.5 Å². The highest BCUT2D eigenvalue weighted by molar-refractivity contribution is 9.10. The van der Waals surface area contributed by atoms with Crippen LogP contribution in [0, 0.1) is 5.92 Å². The molecule has 1 amide bonds. The molecule has 1 unspecified atom stereocenters. The molecule has 6 heteroatoms. The van der Waals surface area contributed by atoms with Gasteiger partial charge < -0.3 is 10.0 Å². The van der Waals surface area contributed by atoms with E-state index < -0.39 is 12.0 Å². The van der Waals surface area contributed by atoms with Crippen molar-refractivity contribution in [2.75, 3.05) is 19.6 Å². The van der Waals surface area contributed by atoms with E-state index in [4.69, 9.17) is 5.11 Å². The molecule has 0 aromatic heterocycles. The van der Waals surface area contributed by atoms with Gasteiger partial charge in [-0.05, 0) is 23.6 Å². The van der Waals surface area contributed by atoms with Crippen LogP contribution in [0.15, 0.2) is 28.7 Å². The fraction of sp³-hybridized carbons (Fsp3) is 0.529. The van der Waals surface area contributed by atoms with Crippen molar-refractivity contribution in [3.05, 3.63) is 34.3 Å². The number of carbonyl (C=O) groups excluding carboxylic acids is 1. The summed E-state index contributed by atoms with van der Waals surface area (Å²) >= 11 is 3.43. The van der Waals surface area contributed by atoms with Crippen LogP contribution < -0.4 is 0 Å². The Morgan fingerprint density at radius 2 is 2.13 bits per heavy atom. The first-order valence-corrected chi connectivity index (χ1v) is 8.65. The van der Waals surface area contributed by atoms with Crippen molar-refractivity contribution in [1.82, 2.24) is 9.80 Å². The van der Waals surface area contributed by atoms with Gasteiger partial charge in [-0.25, -0.2) is 0 Å². The van der Waals surface area contributed by atoms with Gasteiger partial charge in [-0.15, -0.1) is 0 Å². The van der Waals surface area contributed by atoms with Crippen LogP contribution in [0.5, 0.6) is 0 Å². The number of hydrogen-bond donors (Lipinski definition) is 1. The van der Waals surface area contributed by atoms with Crippen LogP contribution in [0.3, 0.4) is 0 Å². The van der Waals surface area contributed by atoms with Gasteiger partial charge in [0, 0.05) is 30.7 Å². The summed E-state index contributed by atoms with van der Waals surface area (Å²) in [4.78, 5) is 27.7. The molecule has 1 aliphatic heterocycles. The summed E-state index contributed by atoms with van der Waals surface area (Å²) < 4.78 is 0.975. The Kier molecular flexibility index (Phi) is 6.18. The third kappa shape index (κ3) is 5.04. The van der Waals surface area contributed by atoms with E-state index in [1.54, 1.807) is 4.90 Å². The van der Waals surface area contributed by atoms with Gasteiger partial charge in [-0.1, -0.05) is 41.9 Å². The number of piperazine rings is 1. The van der Waals surface area contributed by atoms with Crippen LogP contribution in [0.1, 0.15) is 25.8 Å². The quantitative estimate of drug-likeness (QED) is 0.821. The molecule has 0 radical (unpaired) electrons. The van der Waals surface area contributed by atoms with Crippen LogP contribution in [0.25, 0.3) is 0 Å². The number of benzene rings is 1. The SMILES string of the molecule is CC(C)CN1CCN(Cc2cccc(Br)c2)C(=O)C1CC(=O)O. The molecule has 1 aromatic rings. The third-order valence-electron chi connectivity index (χ3n) is 3.92. The van der Waals surface area contributed by atoms with E-state index in [9.17, 15) is 9.59 Å². The van der Waals surface area contributed by atoms with Crippen LogP contribution in [0.4, 0.5) is 0 Å². The Morgan fingerprint density at radius 1 is 1.39 bits per heavy atom. The first-order valence-electron chi connectivity index (χ1n) is 7.86. The van der Waals surface area contributed by atoms with Crippen LogP contribution in [-0.2, 0) is 16.1 Å². The van der Waals surface area contributed by atoms with Gasteiger partial charge in [0.15, 0.2) is 0 Å². The highest BCUT2D eigenvalue weighted by Gasteiger charge is 2.36. The smallest absolute Gasteiger partial charge is 0.305 e. The molecule has 0 aliphatic carbocycles. The number of aliphatic carboxylic acids is 1. The minimum atomic E-state index is -0.929. The lowest BCUT2D eigenvalue weighted by Crippen LogP contribution is -2.57. The second-order valence-electron chi connectivity index (χ2n) is 6.39. The highest BCUT2D eigenvalue weighted by Crippen LogP contribution is 2.20. The Bertz CT molecular complexity index is 577. The van der Waals surface area contributed by atoms with Gasteiger partial charge in [0.2, 0.25) is 5.91 Å². The number of carboxylic acids is 1. The van der Waals surface area contributed by atoms with E-state index in [0.717, 1.165) is 23.1 Å². The molecular formula is C17H23BrN2O3. The molecule has 1 fully saturated rings. The average molecular weight is 383 g/mol. The molecule has 126 valence electrons. The van der Waals surface area contributed by atoms with Gasteiger partial charge in [0.1, 0.15) is 0 Å². The van der Waals surface area contributed by atoms with E-state index in [-0.39, 0.29) is 12.3 Å². The molecule has 5 nitrogen and oxygen atoms in total. The van der Waals surface area contributed by atoms with E-state index in [1.165, 1.54) is 0 Å². The summed E-state index contributed by atoms with van der Waals surface area (Å²) in [5, 5.41) is 9.14. The molecular weight excluding hydrogens is 360 g/mol. The molecule has 1 atom stereocenters. The number of nitrogens with zero attached hydrogens (tertiary/aromatic N) is 2. The van der Waals surface area contributed by atoms with Gasteiger partial charge in [0.25, 0.3) is 0 Å². The van der Waals surface area contributed by atoms with Crippen molar-refractivity contribution in [3.63, 3.8) is 0 Å². The van der Waals surface area contributed by atoms with Crippen LogP contribution in [-0.4, -0.2) is 52.5 Å². The highest BCUT2D eigenvalue weighted by atomic mass is 79.9. The van der Waals surface area contributed by atoms with Gasteiger partial charge >= 0.3 is 5.97 Å². The van der Waals surface area contributed by atoms with E-state index >= 15 is 0 Å². The first-order chi connectivity index (χ1) is 10.9. The summed E-state index contributed by atoms with van der Waals surface area (Å²) in [5.74, 6) is -0.614. The molecule has 1 aromatic carbocycles. The van der Waals surface area contributed by atoms with Crippen molar-refractivity contribution in [2.45, 2.75) is 32.9 Å². The normalized spacial score (nSPS) is 19.4. The van der Waals surface area contributed by atoms with Crippen molar-refractivity contribution in [3.8, 4) is 0 Å². The van der Waals surface area contributed by atoms with E-state index in [0.29, 0.717) is 19.0 Å². The lowest BCUT2D eigenvalue weighted by atomic mass is 10.0. The fourth-order valence-corrected chi connectivity index (χ4v) is 3.41. The largest absolute Gasteiger partial charge is 0.481 e. The number of hydrogen-bond acceptors (Lipinski definition) is 3. The average Bonchev–Trinajstić information content (AvgIpc) is 2.45.